The van der Waals surface area contributed by atoms with Crippen molar-refractivity contribution in [3.05, 3.63) is 60.6 Å². The van der Waals surface area contributed by atoms with Crippen LogP contribution in [0.4, 0.5) is 10.5 Å². The number of ether oxygens (including phenoxy) is 5. The molecule has 1 aromatic carbocycles. The predicted octanol–water partition coefficient (Wildman–Crippen LogP) is 5.55. The van der Waals surface area contributed by atoms with E-state index in [2.05, 4.69) is 32.9 Å². The van der Waals surface area contributed by atoms with Crippen molar-refractivity contribution in [2.24, 2.45) is 17.8 Å². The number of nitrogens with zero attached hydrogens (tertiary/aromatic N) is 5. The zero-order valence-electron chi connectivity index (χ0n) is 40.1. The number of hydrogen-bond acceptors (Lipinski definition) is 15. The maximum absolute atomic E-state index is 14.6. The van der Waals surface area contributed by atoms with Crippen LogP contribution in [-0.4, -0.2) is 129 Å². The van der Waals surface area contributed by atoms with Gasteiger partial charge in [0.15, 0.2) is 17.7 Å². The molecule has 0 radical (unpaired) electrons. The molecule has 2 aliphatic heterocycles. The molecule has 2 fully saturated rings. The number of aromatic nitrogens is 4. The first-order valence-corrected chi connectivity index (χ1v) is 23.4. The van der Waals surface area contributed by atoms with E-state index in [4.69, 9.17) is 29.4 Å². The minimum atomic E-state index is -1.25. The number of fused-ring (bicyclic) bond motifs is 1. The fourth-order valence-corrected chi connectivity index (χ4v) is 9.63. The SMILES string of the molecule is CCO[C@@H](O[C@@H]1[C@@H](C)C(=O)[C@@H](C)C(=O)O[C@H](CC)[C@@]2(C)OC(=O)N(CCCCn3cc(-c4cccc(N)c4)nn3)[C@@H]2[C@@H](C)NC[C@H](C)C[C@@]1(C)OC)C(O)C(CC)NCc1cccnc1. The van der Waals surface area contributed by atoms with Crippen LogP contribution in [0.5, 0.6) is 0 Å². The summed E-state index contributed by atoms with van der Waals surface area (Å²) in [5.74, 6) is -3.32. The number of pyridine rings is 1. The van der Waals surface area contributed by atoms with E-state index in [1.54, 1.807) is 36.0 Å². The molecule has 0 aliphatic carbocycles. The minimum absolute atomic E-state index is 0.0455. The van der Waals surface area contributed by atoms with Crippen molar-refractivity contribution in [2.45, 2.75) is 161 Å². The summed E-state index contributed by atoms with van der Waals surface area (Å²) < 4.78 is 33.4. The molecule has 360 valence electrons. The molecular formula is C48H74N8O9. The number of aryl methyl sites for hydroxylation is 1. The molecule has 0 saturated carbocycles. The van der Waals surface area contributed by atoms with Gasteiger partial charge in [-0.1, -0.05) is 51.1 Å². The number of carbonyl (C=O) groups excluding carboxylic acids is 3. The molecule has 4 heterocycles. The molecular weight excluding hydrogens is 833 g/mol. The Morgan fingerprint density at radius 1 is 1.06 bits per heavy atom. The first kappa shape index (κ1) is 51.5. The van der Waals surface area contributed by atoms with Gasteiger partial charge in [0.1, 0.15) is 23.8 Å². The highest BCUT2D eigenvalue weighted by Crippen LogP contribution is 2.40. The number of Topliss-reactive ketones (excluding diaryl/α,β-unsaturated/α-hetero) is 1. The van der Waals surface area contributed by atoms with E-state index in [0.29, 0.717) is 64.0 Å². The molecule has 65 heavy (non-hydrogen) atoms. The van der Waals surface area contributed by atoms with Crippen LogP contribution in [-0.2, 0) is 46.4 Å². The van der Waals surface area contributed by atoms with Gasteiger partial charge in [0.25, 0.3) is 0 Å². The smallest absolute Gasteiger partial charge is 0.410 e. The normalized spacial score (nSPS) is 29.6. The fraction of sp³-hybridized carbons (Fsp3) is 0.667. The number of cyclic esters (lactones) is 1. The Balaban J connectivity index is 1.37. The van der Waals surface area contributed by atoms with Crippen LogP contribution in [0, 0.1) is 17.8 Å². The van der Waals surface area contributed by atoms with Gasteiger partial charge in [-0.25, -0.2) is 4.79 Å². The lowest BCUT2D eigenvalue weighted by Gasteiger charge is -2.43. The first-order chi connectivity index (χ1) is 31.0. The van der Waals surface area contributed by atoms with E-state index in [-0.39, 0.29) is 18.6 Å². The van der Waals surface area contributed by atoms with Gasteiger partial charge in [-0.2, -0.15) is 0 Å². The number of methoxy groups -OCH3 is 1. The molecule has 3 aromatic rings. The van der Waals surface area contributed by atoms with Crippen LogP contribution in [0.15, 0.2) is 55.0 Å². The van der Waals surface area contributed by atoms with E-state index in [1.165, 1.54) is 6.92 Å². The number of ketones is 1. The van der Waals surface area contributed by atoms with Crippen molar-refractivity contribution in [3.8, 4) is 11.3 Å². The lowest BCUT2D eigenvalue weighted by atomic mass is 9.78. The number of nitrogens with two attached hydrogens (primary N) is 1. The number of benzene rings is 1. The Bertz CT molecular complexity index is 1990. The summed E-state index contributed by atoms with van der Waals surface area (Å²) in [6, 6.07) is 10.0. The standard InChI is InChI=1S/C48H74N8O9/c1-11-37(52-28-34-18-17-21-50-27-34)41(58)45(62-13-3)64-43-31(5)40(57)32(6)44(59)63-39(12-2)48(9)42(33(7)51-26-30(4)25-47(43,8)61-10)56(46(60)65-48)23-15-14-22-55-29-38(53-54-55)35-19-16-20-36(49)24-35/h16-21,24,27,29-33,37,39,41-43,45,51-52,58H,11-15,22-23,25-26,28,49H2,1-10H3/t30-,31+,32-,33-,37?,39-,41?,42-,43-,45+,47-,48-/m1/s1. The maximum Gasteiger partial charge on any atom is 0.410 e. The second-order valence-corrected chi connectivity index (χ2v) is 18.3. The zero-order valence-corrected chi connectivity index (χ0v) is 40.1. The summed E-state index contributed by atoms with van der Waals surface area (Å²) >= 11 is 0. The number of aliphatic hydroxyl groups excluding tert-OH is 1. The summed E-state index contributed by atoms with van der Waals surface area (Å²) in [6.45, 7) is 18.9. The number of carbonyl (C=O) groups is 3. The van der Waals surface area contributed by atoms with E-state index in [0.717, 1.165) is 16.8 Å². The fourth-order valence-electron chi connectivity index (χ4n) is 9.63. The lowest BCUT2D eigenvalue weighted by Crippen LogP contribution is -2.61. The topological polar surface area (TPSA) is 215 Å². The Kier molecular flexibility index (Phi) is 18.4. The molecule has 2 aliphatic rings. The van der Waals surface area contributed by atoms with Gasteiger partial charge in [0.2, 0.25) is 0 Å². The number of esters is 1. The van der Waals surface area contributed by atoms with Crippen molar-refractivity contribution in [1.82, 2.24) is 35.5 Å². The van der Waals surface area contributed by atoms with E-state index >= 15 is 0 Å². The molecule has 2 saturated heterocycles. The van der Waals surface area contributed by atoms with Gasteiger partial charge in [0, 0.05) is 75.0 Å². The number of rotatable bonds is 18. The highest BCUT2D eigenvalue weighted by atomic mass is 16.7. The molecule has 17 nitrogen and oxygen atoms in total. The third-order valence-electron chi connectivity index (χ3n) is 13.3. The summed E-state index contributed by atoms with van der Waals surface area (Å²) in [6.07, 6.45) is 3.41. The van der Waals surface area contributed by atoms with Crippen LogP contribution >= 0.6 is 0 Å². The number of nitrogens with one attached hydrogen (secondary N) is 2. The molecule has 2 unspecified atom stereocenters. The number of hydrogen-bond donors (Lipinski definition) is 4. The molecule has 2 aromatic heterocycles. The van der Waals surface area contributed by atoms with Gasteiger partial charge in [0.05, 0.1) is 23.9 Å². The van der Waals surface area contributed by atoms with Gasteiger partial charge < -0.3 is 45.2 Å². The minimum Gasteiger partial charge on any atom is -0.458 e. The second-order valence-electron chi connectivity index (χ2n) is 18.3. The van der Waals surface area contributed by atoms with Crippen LogP contribution in [0.25, 0.3) is 11.3 Å². The third kappa shape index (κ3) is 12.5. The van der Waals surface area contributed by atoms with Gasteiger partial charge in [-0.15, -0.1) is 5.10 Å². The molecule has 5 N–H and O–H groups in total. The van der Waals surface area contributed by atoms with E-state index in [1.807, 2.05) is 84.1 Å². The van der Waals surface area contributed by atoms with E-state index < -0.39 is 77.6 Å². The molecule has 0 bridgehead atoms. The Morgan fingerprint density at radius 3 is 2.48 bits per heavy atom. The monoisotopic (exact) mass is 907 g/mol. The van der Waals surface area contributed by atoms with Crippen LogP contribution in [0.2, 0.25) is 0 Å². The summed E-state index contributed by atoms with van der Waals surface area (Å²) in [5, 5.41) is 27.6. The van der Waals surface area contributed by atoms with Crippen molar-refractivity contribution in [2.75, 3.05) is 32.5 Å². The largest absolute Gasteiger partial charge is 0.458 e. The summed E-state index contributed by atoms with van der Waals surface area (Å²) in [4.78, 5) is 48.5. The van der Waals surface area contributed by atoms with Crippen LogP contribution in [0.1, 0.15) is 100.0 Å². The maximum atomic E-state index is 14.6. The quantitative estimate of drug-likeness (QED) is 0.0405. The number of amides is 1. The van der Waals surface area contributed by atoms with Crippen molar-refractivity contribution < 1.29 is 43.2 Å². The van der Waals surface area contributed by atoms with Crippen molar-refractivity contribution in [1.29, 1.82) is 0 Å². The average molecular weight is 907 g/mol. The third-order valence-corrected chi connectivity index (χ3v) is 13.3. The second kappa shape index (κ2) is 23.3. The molecule has 12 atom stereocenters. The number of nitrogen functional groups attached to an aromatic ring is 1. The van der Waals surface area contributed by atoms with Gasteiger partial charge in [-0.3, -0.25) is 24.2 Å². The van der Waals surface area contributed by atoms with Crippen molar-refractivity contribution in [3.63, 3.8) is 0 Å². The van der Waals surface area contributed by atoms with E-state index in [9.17, 15) is 19.5 Å². The Labute approximate surface area is 384 Å². The summed E-state index contributed by atoms with van der Waals surface area (Å²) in [7, 11) is 1.58. The Hall–Kier alpha value is -4.52. The molecule has 0 spiro atoms. The zero-order chi connectivity index (χ0) is 47.5. The number of aliphatic hydroxyl groups is 1. The highest BCUT2D eigenvalue weighted by molar-refractivity contribution is 6.00. The lowest BCUT2D eigenvalue weighted by molar-refractivity contribution is -0.263. The predicted molar refractivity (Wildman–Crippen MR) is 246 cm³/mol. The average Bonchev–Trinajstić information content (AvgIpc) is 3.88. The van der Waals surface area contributed by atoms with Gasteiger partial charge >= 0.3 is 12.1 Å². The van der Waals surface area contributed by atoms with Crippen LogP contribution in [0.3, 0.4) is 0 Å². The highest BCUT2D eigenvalue weighted by Gasteiger charge is 2.58. The van der Waals surface area contributed by atoms with Crippen LogP contribution < -0.4 is 16.4 Å². The number of anilines is 1. The first-order valence-electron chi connectivity index (χ1n) is 23.4. The van der Waals surface area contributed by atoms with Gasteiger partial charge in [-0.05, 0) is 103 Å². The molecule has 17 heteroatoms. The number of unbranched alkanes of at least 4 members (excludes halogenated alkanes) is 1. The molecule has 1 amide bonds. The summed E-state index contributed by atoms with van der Waals surface area (Å²) in [5.41, 5.74) is 6.83. The Morgan fingerprint density at radius 2 is 1.82 bits per heavy atom. The molecule has 5 rings (SSSR count). The van der Waals surface area contributed by atoms with Crippen molar-refractivity contribution >= 4 is 23.5 Å².